The Kier molecular flexibility index (Phi) is 2.91. The Labute approximate surface area is 72.3 Å². The van der Waals surface area contributed by atoms with Crippen molar-refractivity contribution in [3.63, 3.8) is 0 Å². The van der Waals surface area contributed by atoms with E-state index in [0.717, 1.165) is 11.4 Å². The molecule has 0 saturated heterocycles. The van der Waals surface area contributed by atoms with Crippen LogP contribution < -0.4 is 9.47 Å². The molecule has 1 rings (SSSR count). The van der Waals surface area contributed by atoms with Crippen molar-refractivity contribution < 1.29 is 9.47 Å². The molecule has 3 nitrogen and oxygen atoms in total. The standard InChI is InChI=1S/C9H12NO2/c1-4-7-5-8(11-2)6-9(10-7)12-3/h5-6H,1,4H2,2-3H3. The summed E-state index contributed by atoms with van der Waals surface area (Å²) in [6.07, 6.45) is 0.633. The van der Waals surface area contributed by atoms with Crippen LogP contribution in [0, 0.1) is 6.92 Å². The molecule has 0 aliphatic rings. The van der Waals surface area contributed by atoms with Crippen LogP contribution in [-0.2, 0) is 6.42 Å². The van der Waals surface area contributed by atoms with Crippen LogP contribution in [0.2, 0.25) is 0 Å². The molecule has 0 saturated carbocycles. The van der Waals surface area contributed by atoms with Crippen molar-refractivity contribution in [2.24, 2.45) is 0 Å². The molecule has 0 unspecified atom stereocenters. The summed E-state index contributed by atoms with van der Waals surface area (Å²) >= 11 is 0. The number of ether oxygens (including phenoxy) is 2. The predicted molar refractivity (Wildman–Crippen MR) is 46.4 cm³/mol. The van der Waals surface area contributed by atoms with Crippen LogP contribution in [0.5, 0.6) is 11.6 Å². The number of hydrogen-bond donors (Lipinski definition) is 0. The van der Waals surface area contributed by atoms with Crippen molar-refractivity contribution in [3.05, 3.63) is 24.8 Å². The molecule has 0 aliphatic carbocycles. The van der Waals surface area contributed by atoms with E-state index < -0.39 is 0 Å². The Hall–Kier alpha value is -1.25. The highest BCUT2D eigenvalue weighted by atomic mass is 16.5. The van der Waals surface area contributed by atoms with Gasteiger partial charge in [0, 0.05) is 17.8 Å². The zero-order valence-corrected chi connectivity index (χ0v) is 7.33. The average Bonchev–Trinajstić information content (AvgIpc) is 2.16. The van der Waals surface area contributed by atoms with Gasteiger partial charge in [-0.15, -0.1) is 0 Å². The summed E-state index contributed by atoms with van der Waals surface area (Å²) in [4.78, 5) is 4.15. The lowest BCUT2D eigenvalue weighted by Gasteiger charge is -2.05. The highest BCUT2D eigenvalue weighted by molar-refractivity contribution is 5.30. The predicted octanol–water partition coefficient (Wildman–Crippen LogP) is 1.48. The Morgan fingerprint density at radius 3 is 2.58 bits per heavy atom. The number of pyridine rings is 1. The lowest BCUT2D eigenvalue weighted by Crippen LogP contribution is -1.94. The molecule has 0 bridgehead atoms. The Morgan fingerprint density at radius 1 is 1.33 bits per heavy atom. The minimum Gasteiger partial charge on any atom is -0.496 e. The Morgan fingerprint density at radius 2 is 2.08 bits per heavy atom. The van der Waals surface area contributed by atoms with Crippen LogP contribution in [0.1, 0.15) is 5.69 Å². The van der Waals surface area contributed by atoms with Gasteiger partial charge in [0.1, 0.15) is 5.75 Å². The van der Waals surface area contributed by atoms with Crippen LogP contribution >= 0.6 is 0 Å². The van der Waals surface area contributed by atoms with E-state index in [1.54, 1.807) is 20.3 Å². The van der Waals surface area contributed by atoms with Gasteiger partial charge in [-0.2, -0.15) is 0 Å². The van der Waals surface area contributed by atoms with Gasteiger partial charge in [-0.25, -0.2) is 4.98 Å². The summed E-state index contributed by atoms with van der Waals surface area (Å²) in [6, 6.07) is 3.58. The van der Waals surface area contributed by atoms with Crippen molar-refractivity contribution in [2.75, 3.05) is 14.2 Å². The van der Waals surface area contributed by atoms with E-state index in [4.69, 9.17) is 9.47 Å². The first kappa shape index (κ1) is 8.84. The molecule has 0 aliphatic heterocycles. The summed E-state index contributed by atoms with van der Waals surface area (Å²) in [6.45, 7) is 3.73. The second-order valence-electron chi connectivity index (χ2n) is 2.29. The molecule has 0 aromatic carbocycles. The number of hydrogen-bond acceptors (Lipinski definition) is 3. The maximum atomic E-state index is 5.05. The van der Waals surface area contributed by atoms with E-state index in [1.165, 1.54) is 0 Å². The highest BCUT2D eigenvalue weighted by Crippen LogP contribution is 2.18. The maximum absolute atomic E-state index is 5.05. The van der Waals surface area contributed by atoms with Crippen LogP contribution in [0.15, 0.2) is 12.1 Å². The fourth-order valence-corrected chi connectivity index (χ4v) is 0.884. The molecule has 1 heterocycles. The molecule has 0 N–H and O–H groups in total. The molecule has 1 radical (unpaired) electrons. The van der Waals surface area contributed by atoms with Gasteiger partial charge >= 0.3 is 0 Å². The minimum absolute atomic E-state index is 0.563. The molecule has 0 amide bonds. The maximum Gasteiger partial charge on any atom is 0.216 e. The largest absolute Gasteiger partial charge is 0.496 e. The smallest absolute Gasteiger partial charge is 0.216 e. The van der Waals surface area contributed by atoms with Gasteiger partial charge in [0.05, 0.1) is 14.2 Å². The normalized spacial score (nSPS) is 9.58. The molecule has 12 heavy (non-hydrogen) atoms. The fourth-order valence-electron chi connectivity index (χ4n) is 0.884. The molecule has 0 spiro atoms. The second-order valence-corrected chi connectivity index (χ2v) is 2.29. The molecule has 0 atom stereocenters. The topological polar surface area (TPSA) is 31.4 Å². The lowest BCUT2D eigenvalue weighted by molar-refractivity contribution is 0.380. The summed E-state index contributed by atoms with van der Waals surface area (Å²) in [7, 11) is 3.19. The Bertz CT molecular complexity index is 205. The third-order valence-corrected chi connectivity index (χ3v) is 1.53. The monoisotopic (exact) mass is 166 g/mol. The van der Waals surface area contributed by atoms with Crippen molar-refractivity contribution in [3.8, 4) is 11.6 Å². The molecule has 1 aromatic heterocycles. The molecule has 0 fully saturated rings. The lowest BCUT2D eigenvalue weighted by atomic mass is 10.3. The first-order valence-corrected chi connectivity index (χ1v) is 3.68. The molecule has 65 valence electrons. The van der Waals surface area contributed by atoms with Crippen molar-refractivity contribution in [2.45, 2.75) is 6.42 Å². The number of rotatable bonds is 3. The SMILES string of the molecule is [CH2]Cc1cc(OC)cc(OC)n1. The number of aromatic nitrogens is 1. The molecule has 3 heteroatoms. The van der Waals surface area contributed by atoms with E-state index >= 15 is 0 Å². The zero-order valence-electron chi connectivity index (χ0n) is 7.33. The number of nitrogens with zero attached hydrogens (tertiary/aromatic N) is 1. The van der Waals surface area contributed by atoms with Gasteiger partial charge in [-0.05, 0) is 13.3 Å². The van der Waals surface area contributed by atoms with E-state index in [1.807, 2.05) is 6.07 Å². The Balaban J connectivity index is 3.01. The van der Waals surface area contributed by atoms with Crippen molar-refractivity contribution in [1.82, 2.24) is 4.98 Å². The van der Waals surface area contributed by atoms with Crippen LogP contribution in [0.4, 0.5) is 0 Å². The third-order valence-electron chi connectivity index (χ3n) is 1.53. The van der Waals surface area contributed by atoms with Crippen LogP contribution in [-0.4, -0.2) is 19.2 Å². The summed E-state index contributed by atoms with van der Waals surface area (Å²) in [5.74, 6) is 1.31. The van der Waals surface area contributed by atoms with Gasteiger partial charge in [0.2, 0.25) is 5.88 Å². The van der Waals surface area contributed by atoms with Gasteiger partial charge < -0.3 is 9.47 Å². The molecular formula is C9H12NO2. The van der Waals surface area contributed by atoms with E-state index in [2.05, 4.69) is 11.9 Å². The van der Waals surface area contributed by atoms with Gasteiger partial charge in [0.15, 0.2) is 0 Å². The minimum atomic E-state index is 0.563. The summed E-state index contributed by atoms with van der Waals surface area (Å²) in [5.41, 5.74) is 0.867. The quantitative estimate of drug-likeness (QED) is 0.681. The molecular weight excluding hydrogens is 154 g/mol. The molecule has 1 aromatic rings. The van der Waals surface area contributed by atoms with E-state index in [9.17, 15) is 0 Å². The average molecular weight is 166 g/mol. The van der Waals surface area contributed by atoms with E-state index in [-0.39, 0.29) is 0 Å². The fraction of sp³-hybridized carbons (Fsp3) is 0.333. The van der Waals surface area contributed by atoms with Crippen LogP contribution in [0.3, 0.4) is 0 Å². The van der Waals surface area contributed by atoms with Gasteiger partial charge in [-0.1, -0.05) is 0 Å². The van der Waals surface area contributed by atoms with Crippen molar-refractivity contribution in [1.29, 1.82) is 0 Å². The van der Waals surface area contributed by atoms with Crippen LogP contribution in [0.25, 0.3) is 0 Å². The highest BCUT2D eigenvalue weighted by Gasteiger charge is 2.00. The zero-order chi connectivity index (χ0) is 8.97. The summed E-state index contributed by atoms with van der Waals surface area (Å²) < 4.78 is 10.0. The third kappa shape index (κ3) is 1.87. The first-order chi connectivity index (χ1) is 5.80. The van der Waals surface area contributed by atoms with E-state index in [0.29, 0.717) is 12.3 Å². The van der Waals surface area contributed by atoms with Crippen molar-refractivity contribution >= 4 is 0 Å². The van der Waals surface area contributed by atoms with Gasteiger partial charge in [-0.3, -0.25) is 0 Å². The number of methoxy groups -OCH3 is 2. The second kappa shape index (κ2) is 3.95. The van der Waals surface area contributed by atoms with Gasteiger partial charge in [0.25, 0.3) is 0 Å². The summed E-state index contributed by atoms with van der Waals surface area (Å²) in [5, 5.41) is 0. The first-order valence-electron chi connectivity index (χ1n) is 3.68.